The Morgan fingerprint density at radius 3 is 2.53 bits per heavy atom. The summed E-state index contributed by atoms with van der Waals surface area (Å²) < 4.78 is 0. The summed E-state index contributed by atoms with van der Waals surface area (Å²) in [7, 11) is 4.18. The molecule has 2 aromatic carbocycles. The molecule has 1 unspecified atom stereocenters. The molecule has 2 amide bonds. The van der Waals surface area contributed by atoms with E-state index in [2.05, 4.69) is 59.3 Å². The lowest BCUT2D eigenvalue weighted by molar-refractivity contribution is -0.121. The summed E-state index contributed by atoms with van der Waals surface area (Å²) in [6, 6.07) is 17.4. The number of carbonyl (C=O) groups is 2. The van der Waals surface area contributed by atoms with E-state index in [1.807, 2.05) is 55.1 Å². The smallest absolute Gasteiger partial charge is 0.255 e. The first-order valence-corrected chi connectivity index (χ1v) is 15.9. The lowest BCUT2D eigenvalue weighted by Gasteiger charge is -2.39. The Hall–Kier alpha value is -3.26. The summed E-state index contributed by atoms with van der Waals surface area (Å²) in [6.07, 6.45) is 4.91. The molecule has 2 aliphatic heterocycles. The van der Waals surface area contributed by atoms with Crippen LogP contribution < -0.4 is 5.32 Å². The first-order chi connectivity index (χ1) is 20.7. The fourth-order valence-corrected chi connectivity index (χ4v) is 6.78. The highest BCUT2D eigenvalue weighted by Crippen LogP contribution is 2.39. The number of unbranched alkanes of at least 4 members (excludes halogenated alkanes) is 1. The fraction of sp³-hybridized carbons (Fsp3) is 0.457. The van der Waals surface area contributed by atoms with Crippen LogP contribution in [0.25, 0.3) is 0 Å². The molecule has 0 radical (unpaired) electrons. The molecule has 0 spiro atoms. The van der Waals surface area contributed by atoms with Crippen LogP contribution in [-0.4, -0.2) is 64.7 Å². The molecule has 0 bridgehead atoms. The third kappa shape index (κ3) is 6.95. The number of pyridine rings is 1. The highest BCUT2D eigenvalue weighted by Gasteiger charge is 2.45. The average molecular weight is 602 g/mol. The third-order valence-corrected chi connectivity index (χ3v) is 9.32. The van der Waals surface area contributed by atoms with Crippen molar-refractivity contribution in [2.45, 2.75) is 77.5 Å². The maximum Gasteiger partial charge on any atom is 0.255 e. The molecule has 0 saturated carbocycles. The van der Waals surface area contributed by atoms with E-state index in [9.17, 15) is 9.59 Å². The third-order valence-electron chi connectivity index (χ3n) is 8.89. The number of hydrogen-bond acceptors (Lipinski definition) is 5. The maximum atomic E-state index is 14.1. The van der Waals surface area contributed by atoms with E-state index in [1.165, 1.54) is 5.56 Å². The van der Waals surface area contributed by atoms with Crippen LogP contribution in [0.3, 0.4) is 0 Å². The summed E-state index contributed by atoms with van der Waals surface area (Å²) in [5.74, 6) is 0.261. The predicted octanol–water partition coefficient (Wildman–Crippen LogP) is 6.94. The summed E-state index contributed by atoms with van der Waals surface area (Å²) in [5, 5.41) is 3.90. The van der Waals surface area contributed by atoms with Crippen LogP contribution in [0, 0.1) is 13.8 Å². The molecule has 1 N–H and O–H groups in total. The molecule has 2 atom stereocenters. The standard InChI is InChI=1S/C35H44ClN5O2/c1-6-7-12-31(39(4)5)26-20-24(3)37-32(21-26)38-34(42)33-28-10-8-9-11-29(28)35(43)41(33)27-15-17-40(18-16-27)22-25-13-14-30(36)23(2)19-25/h8-11,13-14,19-21,27,31,33H,6-7,12,15-18,22H2,1-5H3,(H,37,38,42)/t31?,33-/m0/s1. The van der Waals surface area contributed by atoms with Crippen molar-refractivity contribution in [2.24, 2.45) is 0 Å². The van der Waals surface area contributed by atoms with Crippen LogP contribution in [0.4, 0.5) is 5.82 Å². The van der Waals surface area contributed by atoms with Gasteiger partial charge in [0.25, 0.3) is 11.8 Å². The minimum atomic E-state index is -0.685. The number of aromatic nitrogens is 1. The number of rotatable bonds is 10. The van der Waals surface area contributed by atoms with Gasteiger partial charge in [0.2, 0.25) is 0 Å². The molecular formula is C35H44ClN5O2. The first-order valence-electron chi connectivity index (χ1n) is 15.5. The zero-order valence-electron chi connectivity index (χ0n) is 26.1. The molecule has 5 rings (SSSR count). The van der Waals surface area contributed by atoms with E-state index in [0.29, 0.717) is 11.4 Å². The number of likely N-dealkylation sites (tertiary alicyclic amines) is 1. The van der Waals surface area contributed by atoms with E-state index in [1.54, 1.807) is 0 Å². The van der Waals surface area contributed by atoms with Gasteiger partial charge in [-0.15, -0.1) is 0 Å². The highest BCUT2D eigenvalue weighted by atomic mass is 35.5. The Bertz CT molecular complexity index is 1470. The van der Waals surface area contributed by atoms with Gasteiger partial charge in [0.05, 0.1) is 0 Å². The van der Waals surface area contributed by atoms with Crippen LogP contribution in [0.15, 0.2) is 54.6 Å². The average Bonchev–Trinajstić information content (AvgIpc) is 3.27. The van der Waals surface area contributed by atoms with Crippen LogP contribution in [0.5, 0.6) is 0 Å². The molecule has 1 fully saturated rings. The quantitative estimate of drug-likeness (QED) is 0.272. The summed E-state index contributed by atoms with van der Waals surface area (Å²) in [5.41, 5.74) is 5.71. The van der Waals surface area contributed by atoms with Crippen molar-refractivity contribution in [1.29, 1.82) is 0 Å². The fourth-order valence-electron chi connectivity index (χ4n) is 6.67. The molecule has 43 heavy (non-hydrogen) atoms. The van der Waals surface area contributed by atoms with Gasteiger partial charge in [-0.3, -0.25) is 14.5 Å². The van der Waals surface area contributed by atoms with Crippen LogP contribution in [0.2, 0.25) is 5.02 Å². The van der Waals surface area contributed by atoms with Crippen LogP contribution >= 0.6 is 11.6 Å². The number of hydrogen-bond donors (Lipinski definition) is 1. The Morgan fingerprint density at radius 2 is 1.84 bits per heavy atom. The minimum absolute atomic E-state index is 0.0213. The summed E-state index contributed by atoms with van der Waals surface area (Å²) in [6.45, 7) is 8.75. The Morgan fingerprint density at radius 1 is 1.09 bits per heavy atom. The Labute approximate surface area is 261 Å². The van der Waals surface area contributed by atoms with Crippen molar-refractivity contribution >= 4 is 29.2 Å². The molecule has 3 aromatic rings. The van der Waals surface area contributed by atoms with Gasteiger partial charge in [0.15, 0.2) is 0 Å². The monoisotopic (exact) mass is 601 g/mol. The number of aryl methyl sites for hydroxylation is 2. The molecule has 8 heteroatoms. The predicted molar refractivity (Wildman–Crippen MR) is 173 cm³/mol. The number of carbonyl (C=O) groups excluding carboxylic acids is 2. The van der Waals surface area contributed by atoms with E-state index in [4.69, 9.17) is 11.6 Å². The zero-order valence-corrected chi connectivity index (χ0v) is 26.8. The van der Waals surface area contributed by atoms with Gasteiger partial charge in [-0.1, -0.05) is 61.7 Å². The van der Waals surface area contributed by atoms with Gasteiger partial charge in [-0.25, -0.2) is 4.98 Å². The number of nitrogens with one attached hydrogen (secondary N) is 1. The summed E-state index contributed by atoms with van der Waals surface area (Å²) >= 11 is 6.23. The van der Waals surface area contributed by atoms with Crippen molar-refractivity contribution < 1.29 is 9.59 Å². The maximum absolute atomic E-state index is 14.1. The Balaban J connectivity index is 1.34. The second kappa shape index (κ2) is 13.6. The SMILES string of the molecule is CCCCC(c1cc(C)nc(NC(=O)[C@@H]2c3ccccc3C(=O)N2C2CCN(Cc3ccc(Cl)c(C)c3)CC2)c1)N(C)C. The lowest BCUT2D eigenvalue weighted by atomic mass is 9.99. The van der Waals surface area contributed by atoms with E-state index in [0.717, 1.165) is 79.1 Å². The van der Waals surface area contributed by atoms with Crippen molar-refractivity contribution in [3.63, 3.8) is 0 Å². The first kappa shape index (κ1) is 31.2. The highest BCUT2D eigenvalue weighted by molar-refractivity contribution is 6.31. The van der Waals surface area contributed by atoms with Crippen molar-refractivity contribution in [2.75, 3.05) is 32.5 Å². The lowest BCUT2D eigenvalue weighted by Crippen LogP contribution is -2.48. The number of piperidine rings is 1. The van der Waals surface area contributed by atoms with Gasteiger partial charge in [-0.2, -0.15) is 0 Å². The topological polar surface area (TPSA) is 68.8 Å². The zero-order chi connectivity index (χ0) is 30.7. The molecule has 1 saturated heterocycles. The molecule has 2 aliphatic rings. The molecule has 0 aliphatic carbocycles. The number of fused-ring (bicyclic) bond motifs is 1. The Kier molecular flexibility index (Phi) is 9.85. The number of benzene rings is 2. The number of halogens is 1. The van der Waals surface area contributed by atoms with Crippen LogP contribution in [0.1, 0.15) is 89.4 Å². The van der Waals surface area contributed by atoms with Gasteiger partial charge in [-0.05, 0) is 93.7 Å². The number of nitrogens with zero attached hydrogens (tertiary/aromatic N) is 4. The molecule has 1 aromatic heterocycles. The molecule has 3 heterocycles. The molecule has 228 valence electrons. The van der Waals surface area contributed by atoms with E-state index >= 15 is 0 Å². The van der Waals surface area contributed by atoms with Gasteiger partial charge in [0.1, 0.15) is 11.9 Å². The van der Waals surface area contributed by atoms with E-state index in [-0.39, 0.29) is 23.9 Å². The second-order valence-corrected chi connectivity index (χ2v) is 12.7. The van der Waals surface area contributed by atoms with Crippen molar-refractivity contribution in [1.82, 2.24) is 19.7 Å². The molecule has 7 nitrogen and oxygen atoms in total. The second-order valence-electron chi connectivity index (χ2n) is 12.3. The molecular weight excluding hydrogens is 558 g/mol. The van der Waals surface area contributed by atoms with Gasteiger partial charge < -0.3 is 15.1 Å². The normalized spacial score (nSPS) is 18.3. The van der Waals surface area contributed by atoms with Crippen molar-refractivity contribution in [3.05, 3.63) is 93.1 Å². The van der Waals surface area contributed by atoms with Crippen molar-refractivity contribution in [3.8, 4) is 0 Å². The van der Waals surface area contributed by atoms with Gasteiger partial charge in [0, 0.05) is 48.0 Å². The van der Waals surface area contributed by atoms with Crippen LogP contribution in [-0.2, 0) is 11.3 Å². The largest absolute Gasteiger partial charge is 0.319 e. The number of anilines is 1. The number of amides is 2. The summed E-state index contributed by atoms with van der Waals surface area (Å²) in [4.78, 5) is 39.0. The van der Waals surface area contributed by atoms with E-state index < -0.39 is 6.04 Å². The van der Waals surface area contributed by atoms with Gasteiger partial charge >= 0.3 is 0 Å². The minimum Gasteiger partial charge on any atom is -0.319 e.